The first-order valence-electron chi connectivity index (χ1n) is 11.1. The fourth-order valence-electron chi connectivity index (χ4n) is 5.35. The normalized spacial score (nSPS) is 23.5. The molecule has 182 valence electrons. The van der Waals surface area contributed by atoms with Crippen LogP contribution in [0.2, 0.25) is 0 Å². The Morgan fingerprint density at radius 3 is 2.62 bits per heavy atom. The molecule has 3 aromatic rings. The average Bonchev–Trinajstić information content (AvgIpc) is 3.39. The Labute approximate surface area is 191 Å². The fraction of sp³-hybridized carbons (Fsp3) is 0.545. The van der Waals surface area contributed by atoms with Gasteiger partial charge in [-0.3, -0.25) is 19.0 Å². The minimum atomic E-state index is -4.49. The van der Waals surface area contributed by atoms with Crippen molar-refractivity contribution in [1.82, 2.24) is 24.3 Å². The minimum Gasteiger partial charge on any atom is -0.371 e. The van der Waals surface area contributed by atoms with Gasteiger partial charge in [0.1, 0.15) is 17.8 Å². The maximum atomic E-state index is 13.1. The van der Waals surface area contributed by atoms with Crippen LogP contribution >= 0.6 is 0 Å². The first kappa shape index (κ1) is 22.7. The average molecular weight is 482 g/mol. The lowest BCUT2D eigenvalue weighted by Crippen LogP contribution is -2.35. The maximum Gasteiger partial charge on any atom is 0.433 e. The highest BCUT2D eigenvalue weighted by Crippen LogP contribution is 2.47. The molecular formula is C22H23F5N6O. The fourth-order valence-corrected chi connectivity index (χ4v) is 5.35. The number of alkyl halides is 5. The minimum absolute atomic E-state index is 0.0310. The van der Waals surface area contributed by atoms with Gasteiger partial charge in [-0.05, 0) is 49.7 Å². The second-order valence-electron chi connectivity index (χ2n) is 9.21. The number of pyridine rings is 1. The standard InChI is InChI=1S/C22H23F5N6O/c23-18(24)11-33-19-16(10-30-33)29-13-32(20(19)34)14-1-4-21(5-2-14)6-8-31(12-21)15-3-7-28-17(9-15)22(25,26)27/h3,7,9-10,13-14,18H,1-2,4-6,8,11-12H2. The smallest absolute Gasteiger partial charge is 0.371 e. The second-order valence-corrected chi connectivity index (χ2v) is 9.21. The summed E-state index contributed by atoms with van der Waals surface area (Å²) in [6.07, 6.45) is 0.724. The van der Waals surface area contributed by atoms with E-state index in [9.17, 15) is 26.7 Å². The third kappa shape index (κ3) is 4.14. The SMILES string of the molecule is O=c1c2c(cnn2CC(F)F)ncn1C1CCC2(CC1)CCN(c1ccnc(C(F)(F)F)c1)C2. The van der Waals surface area contributed by atoms with Gasteiger partial charge < -0.3 is 4.90 Å². The number of fused-ring (bicyclic) bond motifs is 1. The van der Waals surface area contributed by atoms with Gasteiger partial charge in [0.2, 0.25) is 0 Å². The summed E-state index contributed by atoms with van der Waals surface area (Å²) in [5.74, 6) is 0. The Bertz CT molecular complexity index is 1240. The van der Waals surface area contributed by atoms with Crippen molar-refractivity contribution in [3.8, 4) is 0 Å². The van der Waals surface area contributed by atoms with E-state index in [1.807, 2.05) is 4.90 Å². The lowest BCUT2D eigenvalue weighted by molar-refractivity contribution is -0.141. The quantitative estimate of drug-likeness (QED) is 0.520. The zero-order valence-electron chi connectivity index (χ0n) is 18.2. The molecule has 1 aliphatic carbocycles. The summed E-state index contributed by atoms with van der Waals surface area (Å²) in [6.45, 7) is 0.639. The van der Waals surface area contributed by atoms with Crippen molar-refractivity contribution in [2.24, 2.45) is 5.41 Å². The first-order chi connectivity index (χ1) is 16.2. The van der Waals surface area contributed by atoms with Gasteiger partial charge in [0, 0.05) is 31.0 Å². The lowest BCUT2D eigenvalue weighted by Gasteiger charge is -2.37. The third-order valence-electron chi connectivity index (χ3n) is 7.14. The number of halogens is 5. The molecule has 0 radical (unpaired) electrons. The molecule has 1 spiro atoms. The Morgan fingerprint density at radius 2 is 1.91 bits per heavy atom. The molecule has 0 atom stereocenters. The van der Waals surface area contributed by atoms with Crippen LogP contribution in [-0.4, -0.2) is 43.8 Å². The molecule has 0 unspecified atom stereocenters. The molecule has 2 aliphatic rings. The van der Waals surface area contributed by atoms with E-state index in [1.54, 1.807) is 6.07 Å². The molecular weight excluding hydrogens is 459 g/mol. The predicted molar refractivity (Wildman–Crippen MR) is 114 cm³/mol. The molecule has 4 heterocycles. The lowest BCUT2D eigenvalue weighted by atomic mass is 9.72. The van der Waals surface area contributed by atoms with Crippen molar-refractivity contribution < 1.29 is 22.0 Å². The number of hydrogen-bond donors (Lipinski definition) is 0. The van der Waals surface area contributed by atoms with Gasteiger partial charge >= 0.3 is 6.18 Å². The van der Waals surface area contributed by atoms with Gasteiger partial charge in [-0.2, -0.15) is 18.3 Å². The number of hydrogen-bond acceptors (Lipinski definition) is 5. The molecule has 5 rings (SSSR count). The van der Waals surface area contributed by atoms with Gasteiger partial charge in [-0.1, -0.05) is 0 Å². The zero-order chi connectivity index (χ0) is 24.1. The Morgan fingerprint density at radius 1 is 1.15 bits per heavy atom. The third-order valence-corrected chi connectivity index (χ3v) is 7.14. The summed E-state index contributed by atoms with van der Waals surface area (Å²) >= 11 is 0. The molecule has 0 amide bonds. The molecule has 1 saturated heterocycles. The molecule has 12 heteroatoms. The molecule has 34 heavy (non-hydrogen) atoms. The summed E-state index contributed by atoms with van der Waals surface area (Å²) in [7, 11) is 0. The van der Waals surface area contributed by atoms with Gasteiger partial charge in [0.25, 0.3) is 12.0 Å². The second kappa shape index (κ2) is 8.31. The van der Waals surface area contributed by atoms with Gasteiger partial charge in [0.15, 0.2) is 5.52 Å². The summed E-state index contributed by atoms with van der Waals surface area (Å²) < 4.78 is 67.4. The highest BCUT2D eigenvalue weighted by molar-refractivity contribution is 5.72. The van der Waals surface area contributed by atoms with Gasteiger partial charge in [-0.25, -0.2) is 13.8 Å². The molecule has 1 aliphatic heterocycles. The summed E-state index contributed by atoms with van der Waals surface area (Å²) in [4.78, 5) is 22.7. The zero-order valence-corrected chi connectivity index (χ0v) is 18.2. The van der Waals surface area contributed by atoms with E-state index >= 15 is 0 Å². The topological polar surface area (TPSA) is 68.8 Å². The van der Waals surface area contributed by atoms with Crippen LogP contribution in [0.1, 0.15) is 43.8 Å². The van der Waals surface area contributed by atoms with Crippen LogP contribution in [0, 0.1) is 5.41 Å². The van der Waals surface area contributed by atoms with Crippen LogP contribution in [0.15, 0.2) is 35.6 Å². The largest absolute Gasteiger partial charge is 0.433 e. The van der Waals surface area contributed by atoms with Crippen LogP contribution < -0.4 is 10.5 Å². The molecule has 2 fully saturated rings. The van der Waals surface area contributed by atoms with Crippen LogP contribution in [-0.2, 0) is 12.7 Å². The highest BCUT2D eigenvalue weighted by Gasteiger charge is 2.42. The molecule has 7 nitrogen and oxygen atoms in total. The molecule has 0 bridgehead atoms. The molecule has 0 aromatic carbocycles. The maximum absolute atomic E-state index is 13.1. The predicted octanol–water partition coefficient (Wildman–Crippen LogP) is 4.28. The van der Waals surface area contributed by atoms with Crippen LogP contribution in [0.5, 0.6) is 0 Å². The summed E-state index contributed by atoms with van der Waals surface area (Å²) in [5.41, 5.74) is -0.433. The van der Waals surface area contributed by atoms with Crippen molar-refractivity contribution in [2.45, 2.75) is 57.3 Å². The Hall–Kier alpha value is -3.05. The van der Waals surface area contributed by atoms with E-state index < -0.39 is 24.8 Å². The summed E-state index contributed by atoms with van der Waals surface area (Å²) in [6, 6.07) is 2.58. The summed E-state index contributed by atoms with van der Waals surface area (Å²) in [5, 5.41) is 3.88. The number of nitrogens with zero attached hydrogens (tertiary/aromatic N) is 6. The van der Waals surface area contributed by atoms with E-state index in [-0.39, 0.29) is 28.0 Å². The number of rotatable bonds is 4. The van der Waals surface area contributed by atoms with Crippen LogP contribution in [0.25, 0.3) is 11.0 Å². The van der Waals surface area contributed by atoms with Crippen molar-refractivity contribution in [2.75, 3.05) is 18.0 Å². The Kier molecular flexibility index (Phi) is 5.56. The molecule has 3 aromatic heterocycles. The number of aromatic nitrogens is 5. The van der Waals surface area contributed by atoms with Crippen molar-refractivity contribution >= 4 is 16.7 Å². The monoisotopic (exact) mass is 482 g/mol. The van der Waals surface area contributed by atoms with Crippen molar-refractivity contribution in [3.05, 3.63) is 46.9 Å². The van der Waals surface area contributed by atoms with E-state index in [4.69, 9.17) is 0 Å². The Balaban J connectivity index is 1.30. The van der Waals surface area contributed by atoms with E-state index in [2.05, 4.69) is 15.1 Å². The van der Waals surface area contributed by atoms with Crippen molar-refractivity contribution in [3.63, 3.8) is 0 Å². The highest BCUT2D eigenvalue weighted by atomic mass is 19.4. The van der Waals surface area contributed by atoms with E-state index in [0.29, 0.717) is 31.6 Å². The van der Waals surface area contributed by atoms with Crippen LogP contribution in [0.4, 0.5) is 27.6 Å². The van der Waals surface area contributed by atoms with Gasteiger partial charge in [0.05, 0.1) is 12.5 Å². The molecule has 1 saturated carbocycles. The van der Waals surface area contributed by atoms with Crippen LogP contribution in [0.3, 0.4) is 0 Å². The van der Waals surface area contributed by atoms with Crippen molar-refractivity contribution in [1.29, 1.82) is 0 Å². The van der Waals surface area contributed by atoms with E-state index in [0.717, 1.165) is 30.0 Å². The van der Waals surface area contributed by atoms with Gasteiger partial charge in [-0.15, -0.1) is 0 Å². The number of anilines is 1. The van der Waals surface area contributed by atoms with E-state index in [1.165, 1.54) is 23.3 Å². The first-order valence-corrected chi connectivity index (χ1v) is 11.1. The molecule has 0 N–H and O–H groups in total.